The molecule has 0 bridgehead atoms. The van der Waals surface area contributed by atoms with Gasteiger partial charge < -0.3 is 15.1 Å². The molecule has 29 heavy (non-hydrogen) atoms. The van der Waals surface area contributed by atoms with E-state index in [2.05, 4.69) is 15.6 Å². The molecule has 2 aromatic heterocycles. The molecule has 0 fully saturated rings. The molecule has 0 aliphatic heterocycles. The summed E-state index contributed by atoms with van der Waals surface area (Å²) in [5.41, 5.74) is -1.88. The van der Waals surface area contributed by atoms with Crippen molar-refractivity contribution < 1.29 is 27.2 Å². The van der Waals surface area contributed by atoms with Crippen LogP contribution in [0.15, 0.2) is 53.3 Å². The van der Waals surface area contributed by atoms with Crippen LogP contribution in [0, 0.1) is 0 Å². The van der Waals surface area contributed by atoms with Crippen molar-refractivity contribution in [3.63, 3.8) is 0 Å². The summed E-state index contributed by atoms with van der Waals surface area (Å²) in [6.07, 6.45) is -2.47. The average molecular weight is 444 g/mol. The number of furan rings is 1. The highest BCUT2D eigenvalue weighted by Gasteiger charge is 2.34. The van der Waals surface area contributed by atoms with Crippen LogP contribution in [0.2, 0.25) is 10.2 Å². The fourth-order valence-electron chi connectivity index (χ4n) is 2.31. The molecule has 0 saturated heterocycles. The smallest absolute Gasteiger partial charge is 0.418 e. The van der Waals surface area contributed by atoms with Crippen LogP contribution in [0.3, 0.4) is 0 Å². The number of anilines is 2. The van der Waals surface area contributed by atoms with Gasteiger partial charge in [0.05, 0.1) is 28.1 Å². The molecular weight excluding hydrogens is 434 g/mol. The van der Waals surface area contributed by atoms with E-state index in [1.54, 1.807) is 0 Å². The van der Waals surface area contributed by atoms with E-state index in [4.69, 9.17) is 27.6 Å². The van der Waals surface area contributed by atoms with E-state index in [0.717, 1.165) is 12.3 Å². The van der Waals surface area contributed by atoms with Gasteiger partial charge in [0.2, 0.25) is 0 Å². The minimum absolute atomic E-state index is 0.0219. The Morgan fingerprint density at radius 1 is 1.03 bits per heavy atom. The molecular formula is C18H10Cl2F3N3O3. The molecule has 0 radical (unpaired) electrons. The number of rotatable bonds is 4. The summed E-state index contributed by atoms with van der Waals surface area (Å²) < 4.78 is 45.3. The van der Waals surface area contributed by atoms with Gasteiger partial charge in [-0.1, -0.05) is 23.2 Å². The minimum Gasteiger partial charge on any atom is -0.459 e. The molecule has 2 N–H and O–H groups in total. The van der Waals surface area contributed by atoms with E-state index >= 15 is 0 Å². The monoisotopic (exact) mass is 443 g/mol. The molecule has 1 aromatic carbocycles. The lowest BCUT2D eigenvalue weighted by Crippen LogP contribution is -2.18. The third kappa shape index (κ3) is 4.87. The van der Waals surface area contributed by atoms with E-state index < -0.39 is 29.2 Å². The second-order valence-electron chi connectivity index (χ2n) is 5.64. The topological polar surface area (TPSA) is 84.2 Å². The molecule has 11 heteroatoms. The van der Waals surface area contributed by atoms with Gasteiger partial charge in [-0.05, 0) is 36.4 Å². The molecule has 6 nitrogen and oxygen atoms in total. The number of carbonyl (C=O) groups is 2. The van der Waals surface area contributed by atoms with Gasteiger partial charge in [-0.25, -0.2) is 4.98 Å². The average Bonchev–Trinajstić information content (AvgIpc) is 3.19. The standard InChI is InChI=1S/C18H10Cl2F3N3O3/c19-12-6-9(8-24-15(12)20)16(27)26-13-4-3-10(7-11(13)18(21,22)23)25-17(28)14-2-1-5-29-14/h1-8H,(H,25,28)(H,26,27). The zero-order valence-corrected chi connectivity index (χ0v) is 15.7. The van der Waals surface area contributed by atoms with Crippen molar-refractivity contribution in [2.24, 2.45) is 0 Å². The largest absolute Gasteiger partial charge is 0.459 e. The maximum absolute atomic E-state index is 13.5. The summed E-state index contributed by atoms with van der Waals surface area (Å²) in [4.78, 5) is 27.9. The van der Waals surface area contributed by atoms with Crippen LogP contribution >= 0.6 is 23.2 Å². The number of benzene rings is 1. The fraction of sp³-hybridized carbons (Fsp3) is 0.0556. The van der Waals surface area contributed by atoms with Crippen molar-refractivity contribution in [2.45, 2.75) is 6.18 Å². The Bertz CT molecular complexity index is 1070. The SMILES string of the molecule is O=C(Nc1ccc(NC(=O)c2ccco2)cc1C(F)(F)F)c1cnc(Cl)c(Cl)c1. The predicted octanol–water partition coefficient (Wildman–Crippen LogP) is 5.50. The number of hydrogen-bond donors (Lipinski definition) is 2. The van der Waals surface area contributed by atoms with Crippen LogP contribution in [0.4, 0.5) is 24.5 Å². The van der Waals surface area contributed by atoms with Gasteiger partial charge >= 0.3 is 6.18 Å². The summed E-state index contributed by atoms with van der Waals surface area (Å²) in [6, 6.07) is 6.93. The number of alkyl halides is 3. The number of hydrogen-bond acceptors (Lipinski definition) is 4. The second kappa shape index (κ2) is 8.14. The quantitative estimate of drug-likeness (QED) is 0.521. The third-order valence-electron chi connectivity index (χ3n) is 3.63. The molecule has 0 unspecified atom stereocenters. The Kier molecular flexibility index (Phi) is 5.81. The summed E-state index contributed by atoms with van der Waals surface area (Å²) in [5, 5.41) is 4.38. The summed E-state index contributed by atoms with van der Waals surface area (Å²) in [6.45, 7) is 0. The predicted molar refractivity (Wildman–Crippen MR) is 100 cm³/mol. The number of aromatic nitrogens is 1. The lowest BCUT2D eigenvalue weighted by molar-refractivity contribution is -0.136. The van der Waals surface area contributed by atoms with Crippen LogP contribution in [0.1, 0.15) is 26.5 Å². The Morgan fingerprint density at radius 3 is 2.41 bits per heavy atom. The number of pyridine rings is 1. The van der Waals surface area contributed by atoms with Crippen LogP contribution in [0.5, 0.6) is 0 Å². The molecule has 3 rings (SSSR count). The van der Waals surface area contributed by atoms with Gasteiger partial charge in [-0.15, -0.1) is 0 Å². The van der Waals surface area contributed by atoms with Crippen LogP contribution in [-0.2, 0) is 6.18 Å². The van der Waals surface area contributed by atoms with Gasteiger partial charge in [0.25, 0.3) is 11.8 Å². The van der Waals surface area contributed by atoms with Gasteiger partial charge in [0, 0.05) is 11.9 Å². The van der Waals surface area contributed by atoms with Crippen molar-refractivity contribution in [3.05, 3.63) is 75.9 Å². The molecule has 2 heterocycles. The summed E-state index contributed by atoms with van der Waals surface area (Å²) in [5.74, 6) is -1.65. The van der Waals surface area contributed by atoms with Crippen molar-refractivity contribution >= 4 is 46.4 Å². The molecule has 0 aliphatic carbocycles. The van der Waals surface area contributed by atoms with E-state index in [0.29, 0.717) is 6.07 Å². The second-order valence-corrected chi connectivity index (χ2v) is 6.41. The first-order chi connectivity index (χ1) is 13.6. The minimum atomic E-state index is -4.80. The Balaban J connectivity index is 1.87. The Labute approximate surface area is 171 Å². The number of carbonyl (C=O) groups excluding carboxylic acids is 2. The van der Waals surface area contributed by atoms with Crippen molar-refractivity contribution in [1.82, 2.24) is 4.98 Å². The Hall–Kier alpha value is -3.04. The van der Waals surface area contributed by atoms with E-state index in [1.807, 2.05) is 0 Å². The number of amides is 2. The first kappa shape index (κ1) is 20.7. The highest BCUT2D eigenvalue weighted by Crippen LogP contribution is 2.37. The molecule has 0 spiro atoms. The number of halogens is 5. The van der Waals surface area contributed by atoms with Gasteiger partial charge in [0.15, 0.2) is 5.76 Å². The van der Waals surface area contributed by atoms with Crippen LogP contribution in [0.25, 0.3) is 0 Å². The summed E-state index contributed by atoms with van der Waals surface area (Å²) in [7, 11) is 0. The number of nitrogens with one attached hydrogen (secondary N) is 2. The van der Waals surface area contributed by atoms with E-state index in [1.165, 1.54) is 30.5 Å². The zero-order valence-electron chi connectivity index (χ0n) is 14.2. The molecule has 0 atom stereocenters. The highest BCUT2D eigenvalue weighted by atomic mass is 35.5. The lowest BCUT2D eigenvalue weighted by Gasteiger charge is -2.16. The maximum atomic E-state index is 13.5. The summed E-state index contributed by atoms with van der Waals surface area (Å²) >= 11 is 11.4. The maximum Gasteiger partial charge on any atom is 0.418 e. The number of nitrogens with zero attached hydrogens (tertiary/aromatic N) is 1. The molecule has 3 aromatic rings. The third-order valence-corrected chi connectivity index (χ3v) is 4.32. The first-order valence-electron chi connectivity index (χ1n) is 7.83. The van der Waals surface area contributed by atoms with Crippen molar-refractivity contribution in [3.8, 4) is 0 Å². The van der Waals surface area contributed by atoms with Crippen LogP contribution < -0.4 is 10.6 Å². The van der Waals surface area contributed by atoms with Crippen LogP contribution in [-0.4, -0.2) is 16.8 Å². The highest BCUT2D eigenvalue weighted by molar-refractivity contribution is 6.41. The zero-order chi connectivity index (χ0) is 21.2. The van der Waals surface area contributed by atoms with Gasteiger partial charge in [-0.3, -0.25) is 9.59 Å². The van der Waals surface area contributed by atoms with E-state index in [9.17, 15) is 22.8 Å². The van der Waals surface area contributed by atoms with E-state index in [-0.39, 0.29) is 27.2 Å². The first-order valence-corrected chi connectivity index (χ1v) is 8.59. The molecule has 0 aliphatic rings. The fourth-order valence-corrected chi connectivity index (χ4v) is 2.58. The lowest BCUT2D eigenvalue weighted by atomic mass is 10.1. The van der Waals surface area contributed by atoms with Gasteiger partial charge in [0.1, 0.15) is 5.15 Å². The van der Waals surface area contributed by atoms with Crippen molar-refractivity contribution in [1.29, 1.82) is 0 Å². The normalized spacial score (nSPS) is 11.2. The molecule has 0 saturated carbocycles. The van der Waals surface area contributed by atoms with Crippen molar-refractivity contribution in [2.75, 3.05) is 10.6 Å². The molecule has 150 valence electrons. The Morgan fingerprint density at radius 2 is 1.79 bits per heavy atom. The molecule has 2 amide bonds. The van der Waals surface area contributed by atoms with Gasteiger partial charge in [-0.2, -0.15) is 13.2 Å².